The summed E-state index contributed by atoms with van der Waals surface area (Å²) in [4.78, 5) is 22.1. The first-order valence-electron chi connectivity index (χ1n) is 6.59. The van der Waals surface area contributed by atoms with E-state index in [0.717, 1.165) is 12.8 Å². The van der Waals surface area contributed by atoms with Crippen LogP contribution in [-0.4, -0.2) is 38.4 Å². The standard InChI is InChI=1S/C13H24O5/c1-3-5-6-7-8-9-18-13(15)11-16-10-12(14)17-4-2/h3-11H2,1-2H3. The second-order valence-electron chi connectivity index (χ2n) is 3.93. The number of hydrogen-bond acceptors (Lipinski definition) is 5. The third-order valence-electron chi connectivity index (χ3n) is 2.26. The molecule has 0 saturated heterocycles. The maximum absolute atomic E-state index is 11.2. The molecule has 0 amide bonds. The number of esters is 2. The minimum atomic E-state index is -0.468. The molecule has 0 aromatic heterocycles. The van der Waals surface area contributed by atoms with Gasteiger partial charge in [0, 0.05) is 0 Å². The third-order valence-corrected chi connectivity index (χ3v) is 2.26. The Hall–Kier alpha value is -1.10. The van der Waals surface area contributed by atoms with Gasteiger partial charge in [0.05, 0.1) is 13.2 Å². The molecule has 0 saturated carbocycles. The fourth-order valence-corrected chi connectivity index (χ4v) is 1.35. The summed E-state index contributed by atoms with van der Waals surface area (Å²) < 4.78 is 14.4. The highest BCUT2D eigenvalue weighted by molar-refractivity contribution is 5.73. The Morgan fingerprint density at radius 2 is 1.44 bits per heavy atom. The summed E-state index contributed by atoms with van der Waals surface area (Å²) in [6, 6.07) is 0. The molecule has 0 bridgehead atoms. The summed E-state index contributed by atoms with van der Waals surface area (Å²) in [5.41, 5.74) is 0. The van der Waals surface area contributed by atoms with Crippen molar-refractivity contribution in [3.8, 4) is 0 Å². The molecular weight excluding hydrogens is 236 g/mol. The maximum Gasteiger partial charge on any atom is 0.332 e. The van der Waals surface area contributed by atoms with Crippen LogP contribution in [0.1, 0.15) is 46.0 Å². The van der Waals surface area contributed by atoms with E-state index < -0.39 is 11.9 Å². The van der Waals surface area contributed by atoms with Crippen molar-refractivity contribution in [2.24, 2.45) is 0 Å². The van der Waals surface area contributed by atoms with Gasteiger partial charge in [-0.15, -0.1) is 0 Å². The van der Waals surface area contributed by atoms with Crippen LogP contribution < -0.4 is 0 Å². The molecule has 0 rings (SSSR count). The number of rotatable bonds is 11. The Morgan fingerprint density at radius 1 is 0.833 bits per heavy atom. The summed E-state index contributed by atoms with van der Waals surface area (Å²) >= 11 is 0. The van der Waals surface area contributed by atoms with Crippen LogP contribution in [0, 0.1) is 0 Å². The van der Waals surface area contributed by atoms with Crippen LogP contribution in [-0.2, 0) is 23.8 Å². The second kappa shape index (κ2) is 12.4. The van der Waals surface area contributed by atoms with E-state index in [1.807, 2.05) is 0 Å². The minimum Gasteiger partial charge on any atom is -0.464 e. The van der Waals surface area contributed by atoms with Crippen molar-refractivity contribution in [1.82, 2.24) is 0 Å². The predicted molar refractivity (Wildman–Crippen MR) is 67.2 cm³/mol. The molecular formula is C13H24O5. The predicted octanol–water partition coefficient (Wildman–Crippen LogP) is 2.08. The second-order valence-corrected chi connectivity index (χ2v) is 3.93. The molecule has 18 heavy (non-hydrogen) atoms. The zero-order valence-corrected chi connectivity index (χ0v) is 11.4. The van der Waals surface area contributed by atoms with Gasteiger partial charge in [0.2, 0.25) is 0 Å². The number of ether oxygens (including phenoxy) is 3. The molecule has 0 aliphatic heterocycles. The number of unbranched alkanes of at least 4 members (excludes halogenated alkanes) is 4. The molecule has 0 spiro atoms. The zero-order chi connectivity index (χ0) is 13.6. The summed E-state index contributed by atoms with van der Waals surface area (Å²) in [5.74, 6) is -0.903. The zero-order valence-electron chi connectivity index (χ0n) is 11.4. The van der Waals surface area contributed by atoms with Crippen molar-refractivity contribution >= 4 is 11.9 Å². The van der Waals surface area contributed by atoms with Gasteiger partial charge >= 0.3 is 11.9 Å². The quantitative estimate of drug-likeness (QED) is 0.420. The molecule has 0 aliphatic carbocycles. The van der Waals surface area contributed by atoms with Crippen LogP contribution in [0.4, 0.5) is 0 Å². The largest absolute Gasteiger partial charge is 0.464 e. The molecule has 0 unspecified atom stereocenters. The van der Waals surface area contributed by atoms with Gasteiger partial charge < -0.3 is 14.2 Å². The van der Waals surface area contributed by atoms with Gasteiger partial charge in [-0.2, -0.15) is 0 Å². The van der Waals surface area contributed by atoms with E-state index in [2.05, 4.69) is 11.7 Å². The first-order valence-corrected chi connectivity index (χ1v) is 6.59. The van der Waals surface area contributed by atoms with Crippen molar-refractivity contribution in [1.29, 1.82) is 0 Å². The molecule has 0 fully saturated rings. The smallest absolute Gasteiger partial charge is 0.332 e. The molecule has 106 valence electrons. The summed E-state index contributed by atoms with van der Waals surface area (Å²) in [5, 5.41) is 0. The van der Waals surface area contributed by atoms with Gasteiger partial charge in [-0.3, -0.25) is 0 Å². The molecule has 0 radical (unpaired) electrons. The van der Waals surface area contributed by atoms with Gasteiger partial charge in [0.15, 0.2) is 0 Å². The third kappa shape index (κ3) is 11.4. The topological polar surface area (TPSA) is 61.8 Å². The van der Waals surface area contributed by atoms with Crippen LogP contribution in [0.3, 0.4) is 0 Å². The monoisotopic (exact) mass is 260 g/mol. The van der Waals surface area contributed by atoms with Gasteiger partial charge in [0.25, 0.3) is 0 Å². The lowest BCUT2D eigenvalue weighted by Gasteiger charge is -2.05. The normalized spacial score (nSPS) is 10.1. The Bertz CT molecular complexity index is 227. The van der Waals surface area contributed by atoms with E-state index in [1.54, 1.807) is 6.92 Å². The fraction of sp³-hybridized carbons (Fsp3) is 0.846. The molecule has 0 aromatic rings. The number of carbonyl (C=O) groups is 2. The molecule has 0 heterocycles. The molecule has 0 aromatic carbocycles. The summed E-state index contributed by atoms with van der Waals surface area (Å²) in [7, 11) is 0. The van der Waals surface area contributed by atoms with Crippen molar-refractivity contribution in [3.63, 3.8) is 0 Å². The maximum atomic E-state index is 11.2. The first kappa shape index (κ1) is 16.9. The van der Waals surface area contributed by atoms with Crippen LogP contribution >= 0.6 is 0 Å². The Kier molecular flexibility index (Phi) is 11.6. The Morgan fingerprint density at radius 3 is 2.06 bits per heavy atom. The van der Waals surface area contributed by atoms with Crippen LogP contribution in [0.2, 0.25) is 0 Å². The highest BCUT2D eigenvalue weighted by Gasteiger charge is 2.06. The van der Waals surface area contributed by atoms with Gasteiger partial charge in [0.1, 0.15) is 13.2 Å². The first-order chi connectivity index (χ1) is 8.70. The van der Waals surface area contributed by atoms with E-state index in [-0.39, 0.29) is 13.2 Å². The van der Waals surface area contributed by atoms with E-state index >= 15 is 0 Å². The lowest BCUT2D eigenvalue weighted by atomic mass is 10.2. The van der Waals surface area contributed by atoms with Crippen molar-refractivity contribution < 1.29 is 23.8 Å². The van der Waals surface area contributed by atoms with Gasteiger partial charge in [-0.05, 0) is 13.3 Å². The average Bonchev–Trinajstić information content (AvgIpc) is 2.34. The summed E-state index contributed by atoms with van der Waals surface area (Å²) in [6.45, 7) is 4.19. The summed E-state index contributed by atoms with van der Waals surface area (Å²) in [6.07, 6.45) is 5.54. The molecule has 5 heteroatoms. The lowest BCUT2D eigenvalue weighted by Crippen LogP contribution is -2.18. The van der Waals surface area contributed by atoms with Gasteiger partial charge in [-0.25, -0.2) is 9.59 Å². The molecule has 0 atom stereocenters. The van der Waals surface area contributed by atoms with Crippen LogP contribution in [0.15, 0.2) is 0 Å². The van der Waals surface area contributed by atoms with E-state index in [9.17, 15) is 9.59 Å². The van der Waals surface area contributed by atoms with Crippen molar-refractivity contribution in [2.75, 3.05) is 26.4 Å². The highest BCUT2D eigenvalue weighted by atomic mass is 16.6. The fourth-order valence-electron chi connectivity index (χ4n) is 1.35. The van der Waals surface area contributed by atoms with Crippen molar-refractivity contribution in [2.45, 2.75) is 46.0 Å². The highest BCUT2D eigenvalue weighted by Crippen LogP contribution is 2.02. The Balaban J connectivity index is 3.30. The molecule has 0 aliphatic rings. The SMILES string of the molecule is CCCCCCCOC(=O)COCC(=O)OCC. The molecule has 0 N–H and O–H groups in total. The van der Waals surface area contributed by atoms with E-state index in [4.69, 9.17) is 9.47 Å². The number of carbonyl (C=O) groups excluding carboxylic acids is 2. The van der Waals surface area contributed by atoms with Crippen molar-refractivity contribution in [3.05, 3.63) is 0 Å². The average molecular weight is 260 g/mol. The van der Waals surface area contributed by atoms with E-state index in [0.29, 0.717) is 13.2 Å². The minimum absolute atomic E-state index is 0.201. The Labute approximate surface area is 109 Å². The van der Waals surface area contributed by atoms with E-state index in [1.165, 1.54) is 19.3 Å². The molecule has 5 nitrogen and oxygen atoms in total. The number of hydrogen-bond donors (Lipinski definition) is 0. The van der Waals surface area contributed by atoms with Crippen LogP contribution in [0.5, 0.6) is 0 Å². The lowest BCUT2D eigenvalue weighted by molar-refractivity contribution is -0.155. The van der Waals surface area contributed by atoms with Gasteiger partial charge in [-0.1, -0.05) is 32.6 Å². The van der Waals surface area contributed by atoms with Crippen LogP contribution in [0.25, 0.3) is 0 Å².